The normalized spacial score (nSPS) is 22.4. The highest BCUT2D eigenvalue weighted by Crippen LogP contribution is 2.34. The van der Waals surface area contributed by atoms with Crippen molar-refractivity contribution in [3.05, 3.63) is 28.8 Å². The molecule has 2 aliphatic rings. The minimum Gasteiger partial charge on any atom is -0.496 e. The van der Waals surface area contributed by atoms with E-state index in [2.05, 4.69) is 5.32 Å². The van der Waals surface area contributed by atoms with Crippen LogP contribution in [0.2, 0.25) is 5.02 Å². The number of nitrogens with zero attached hydrogens (tertiary/aromatic N) is 1. The van der Waals surface area contributed by atoms with Crippen LogP contribution in [0.3, 0.4) is 0 Å². The molecule has 0 aliphatic heterocycles. The van der Waals surface area contributed by atoms with Gasteiger partial charge in [-0.1, -0.05) is 11.6 Å². The molecule has 0 heterocycles. The summed E-state index contributed by atoms with van der Waals surface area (Å²) in [5, 5.41) is 12.6. The molecule has 0 radical (unpaired) electrons. The van der Waals surface area contributed by atoms with Crippen LogP contribution < -0.4 is 10.1 Å². The Hall–Kier alpha value is -1.79. The van der Waals surface area contributed by atoms with Crippen LogP contribution in [0.1, 0.15) is 36.0 Å². The van der Waals surface area contributed by atoms with Gasteiger partial charge in [0, 0.05) is 23.7 Å². The first kappa shape index (κ1) is 18.0. The lowest BCUT2D eigenvalue weighted by Gasteiger charge is -2.42. The number of carbonyl (C=O) groups excluding carboxylic acids is 1. The molecule has 2 saturated carbocycles. The Kier molecular flexibility index (Phi) is 5.49. The highest BCUT2D eigenvalue weighted by atomic mass is 35.5. The summed E-state index contributed by atoms with van der Waals surface area (Å²) in [6, 6.07) is 5.22. The quantitative estimate of drug-likeness (QED) is 0.738. The molecule has 0 bridgehead atoms. The number of rotatable bonds is 8. The summed E-state index contributed by atoms with van der Waals surface area (Å²) in [5.74, 6) is 0.120. The number of hydrogen-bond acceptors (Lipinski definition) is 4. The number of carboxylic acid groups (broad SMARTS) is 1. The Labute approximate surface area is 152 Å². The third kappa shape index (κ3) is 4.64. The SMILES string of the molecule is COc1ccc(Cl)cc1C(=O)NC1CC(N(CC(=O)O)CC2CC2)C1. The first-order valence-electron chi connectivity index (χ1n) is 8.56. The van der Waals surface area contributed by atoms with Gasteiger partial charge >= 0.3 is 5.97 Å². The van der Waals surface area contributed by atoms with Crippen molar-refractivity contribution in [2.75, 3.05) is 20.2 Å². The monoisotopic (exact) mass is 366 g/mol. The first-order chi connectivity index (χ1) is 12.0. The van der Waals surface area contributed by atoms with E-state index in [-0.39, 0.29) is 24.5 Å². The molecule has 1 aromatic carbocycles. The summed E-state index contributed by atoms with van der Waals surface area (Å²) < 4.78 is 5.22. The van der Waals surface area contributed by atoms with Gasteiger partial charge in [-0.15, -0.1) is 0 Å². The molecule has 2 fully saturated rings. The van der Waals surface area contributed by atoms with Crippen LogP contribution in [0.15, 0.2) is 18.2 Å². The predicted octanol–water partition coefficient (Wildman–Crippen LogP) is 2.41. The minimum absolute atomic E-state index is 0.0525. The van der Waals surface area contributed by atoms with Crippen molar-refractivity contribution in [2.24, 2.45) is 5.92 Å². The molecular formula is C18H23ClN2O4. The van der Waals surface area contributed by atoms with Crippen molar-refractivity contribution in [1.82, 2.24) is 10.2 Å². The van der Waals surface area contributed by atoms with Crippen molar-refractivity contribution in [1.29, 1.82) is 0 Å². The third-order valence-corrected chi connectivity index (χ3v) is 5.13. The Bertz CT molecular complexity index is 656. The molecule has 7 heteroatoms. The molecule has 6 nitrogen and oxygen atoms in total. The molecule has 3 rings (SSSR count). The van der Waals surface area contributed by atoms with Crippen LogP contribution in [0.4, 0.5) is 0 Å². The fourth-order valence-corrected chi connectivity index (χ4v) is 3.45. The number of ether oxygens (including phenoxy) is 1. The van der Waals surface area contributed by atoms with Gasteiger partial charge in [0.25, 0.3) is 5.91 Å². The molecule has 0 aromatic heterocycles. The number of carbonyl (C=O) groups is 2. The van der Waals surface area contributed by atoms with E-state index in [1.54, 1.807) is 18.2 Å². The van der Waals surface area contributed by atoms with E-state index in [1.807, 2.05) is 4.90 Å². The third-order valence-electron chi connectivity index (χ3n) is 4.90. The molecule has 0 saturated heterocycles. The zero-order valence-electron chi connectivity index (χ0n) is 14.2. The van der Waals surface area contributed by atoms with E-state index in [1.165, 1.54) is 20.0 Å². The number of benzene rings is 1. The van der Waals surface area contributed by atoms with Crippen molar-refractivity contribution in [3.63, 3.8) is 0 Å². The first-order valence-corrected chi connectivity index (χ1v) is 8.94. The summed E-state index contributed by atoms with van der Waals surface area (Å²) in [6.45, 7) is 0.920. The summed E-state index contributed by atoms with van der Waals surface area (Å²) >= 11 is 5.97. The number of aliphatic carboxylic acids is 1. The van der Waals surface area contributed by atoms with E-state index >= 15 is 0 Å². The summed E-state index contributed by atoms with van der Waals surface area (Å²) in [5.41, 5.74) is 0.416. The standard InChI is InChI=1S/C18H23ClN2O4/c1-25-16-5-4-12(19)6-15(16)18(24)20-13-7-14(8-13)21(10-17(22)23)9-11-2-3-11/h4-6,11,13-14H,2-3,7-10H2,1H3,(H,20,24)(H,22,23). The Morgan fingerprint density at radius 3 is 2.68 bits per heavy atom. The lowest BCUT2D eigenvalue weighted by molar-refractivity contribution is -0.139. The van der Waals surface area contributed by atoms with Gasteiger partial charge in [0.1, 0.15) is 5.75 Å². The van der Waals surface area contributed by atoms with Gasteiger partial charge < -0.3 is 15.2 Å². The van der Waals surface area contributed by atoms with Gasteiger partial charge in [-0.25, -0.2) is 0 Å². The second-order valence-corrected chi connectivity index (χ2v) is 7.34. The van der Waals surface area contributed by atoms with Gasteiger partial charge in [0.2, 0.25) is 0 Å². The van der Waals surface area contributed by atoms with Crippen LogP contribution in [-0.2, 0) is 4.79 Å². The molecule has 136 valence electrons. The van der Waals surface area contributed by atoms with Crippen molar-refractivity contribution in [3.8, 4) is 5.75 Å². The summed E-state index contributed by atoms with van der Waals surface area (Å²) in [7, 11) is 1.51. The highest BCUT2D eigenvalue weighted by Gasteiger charge is 2.38. The van der Waals surface area contributed by atoms with Crippen molar-refractivity contribution < 1.29 is 19.4 Å². The average Bonchev–Trinajstić information content (AvgIpc) is 3.33. The largest absolute Gasteiger partial charge is 0.496 e. The van der Waals surface area contributed by atoms with E-state index < -0.39 is 5.97 Å². The molecule has 0 unspecified atom stereocenters. The lowest BCUT2D eigenvalue weighted by atomic mass is 9.85. The van der Waals surface area contributed by atoms with Crippen LogP contribution in [0.25, 0.3) is 0 Å². The van der Waals surface area contributed by atoms with Crippen LogP contribution >= 0.6 is 11.6 Å². The minimum atomic E-state index is -0.795. The molecule has 1 amide bonds. The van der Waals surface area contributed by atoms with E-state index in [0.29, 0.717) is 22.3 Å². The van der Waals surface area contributed by atoms with E-state index in [9.17, 15) is 9.59 Å². The number of halogens is 1. The smallest absolute Gasteiger partial charge is 0.317 e. The summed E-state index contributed by atoms with van der Waals surface area (Å²) in [6.07, 6.45) is 3.93. The second kappa shape index (κ2) is 7.62. The molecule has 1 aromatic rings. The highest BCUT2D eigenvalue weighted by molar-refractivity contribution is 6.31. The van der Waals surface area contributed by atoms with Crippen molar-refractivity contribution >= 4 is 23.5 Å². The fraction of sp³-hybridized carbons (Fsp3) is 0.556. The van der Waals surface area contributed by atoms with Crippen LogP contribution in [0, 0.1) is 5.92 Å². The summed E-state index contributed by atoms with van der Waals surface area (Å²) in [4.78, 5) is 25.6. The zero-order chi connectivity index (χ0) is 18.0. The van der Waals surface area contributed by atoms with E-state index in [0.717, 1.165) is 19.4 Å². The molecule has 0 atom stereocenters. The predicted molar refractivity (Wildman–Crippen MR) is 94.2 cm³/mol. The van der Waals surface area contributed by atoms with Crippen LogP contribution in [0.5, 0.6) is 5.75 Å². The number of amides is 1. The van der Waals surface area contributed by atoms with Gasteiger partial charge in [0.15, 0.2) is 0 Å². The molecule has 2 aliphatic carbocycles. The molecule has 25 heavy (non-hydrogen) atoms. The maximum atomic E-state index is 12.5. The van der Waals surface area contributed by atoms with Gasteiger partial charge in [0.05, 0.1) is 19.2 Å². The second-order valence-electron chi connectivity index (χ2n) is 6.91. The zero-order valence-corrected chi connectivity index (χ0v) is 15.0. The number of hydrogen-bond donors (Lipinski definition) is 2. The maximum Gasteiger partial charge on any atom is 0.317 e. The fourth-order valence-electron chi connectivity index (χ4n) is 3.27. The maximum absolute atomic E-state index is 12.5. The lowest BCUT2D eigenvalue weighted by Crippen LogP contribution is -2.55. The number of carboxylic acids is 1. The topological polar surface area (TPSA) is 78.9 Å². The number of nitrogens with one attached hydrogen (secondary N) is 1. The Balaban J connectivity index is 1.54. The molecule has 2 N–H and O–H groups in total. The van der Waals surface area contributed by atoms with Crippen molar-refractivity contribution in [2.45, 2.75) is 37.8 Å². The Morgan fingerprint density at radius 2 is 2.08 bits per heavy atom. The van der Waals surface area contributed by atoms with Gasteiger partial charge in [-0.2, -0.15) is 0 Å². The average molecular weight is 367 g/mol. The Morgan fingerprint density at radius 1 is 1.36 bits per heavy atom. The molecule has 0 spiro atoms. The van der Waals surface area contributed by atoms with Crippen LogP contribution in [-0.4, -0.2) is 54.2 Å². The van der Waals surface area contributed by atoms with Gasteiger partial charge in [-0.3, -0.25) is 14.5 Å². The number of methoxy groups -OCH3 is 1. The van der Waals surface area contributed by atoms with Gasteiger partial charge in [-0.05, 0) is 49.8 Å². The van der Waals surface area contributed by atoms with E-state index in [4.69, 9.17) is 21.4 Å². The molecular weight excluding hydrogens is 344 g/mol.